The molecule has 0 bridgehead atoms. The van der Waals surface area contributed by atoms with E-state index in [4.69, 9.17) is 0 Å². The van der Waals surface area contributed by atoms with Crippen LogP contribution in [0.2, 0.25) is 0 Å². The van der Waals surface area contributed by atoms with Crippen molar-refractivity contribution in [2.24, 2.45) is 0 Å². The maximum Gasteiger partial charge on any atom is 0.221 e. The molecule has 2 aromatic carbocycles. The van der Waals surface area contributed by atoms with E-state index in [-0.39, 0.29) is 5.91 Å². The number of amides is 1. The van der Waals surface area contributed by atoms with Crippen LogP contribution in [0.1, 0.15) is 23.9 Å². The molecule has 0 saturated carbocycles. The van der Waals surface area contributed by atoms with Gasteiger partial charge in [0.25, 0.3) is 0 Å². The highest BCUT2D eigenvalue weighted by molar-refractivity contribution is 5.88. The molecule has 0 unspecified atom stereocenters. The average Bonchev–Trinajstić information content (AvgIpc) is 3.22. The molecule has 4 aromatic rings. The van der Waals surface area contributed by atoms with Gasteiger partial charge in [-0.25, -0.2) is 0 Å². The van der Waals surface area contributed by atoms with E-state index in [1.807, 2.05) is 48.7 Å². The third kappa shape index (κ3) is 3.46. The second-order valence-corrected chi connectivity index (χ2v) is 6.15. The summed E-state index contributed by atoms with van der Waals surface area (Å²) >= 11 is 0. The van der Waals surface area contributed by atoms with Gasteiger partial charge in [0, 0.05) is 36.1 Å². The number of nitrogens with one attached hydrogen (secondary N) is 2. The van der Waals surface area contributed by atoms with Crippen molar-refractivity contribution in [3.8, 4) is 0 Å². The molecule has 0 atom stereocenters. The molecule has 0 saturated heterocycles. The maximum absolute atomic E-state index is 11.2. The number of hydrogen-bond acceptors (Lipinski definition) is 4. The van der Waals surface area contributed by atoms with Gasteiger partial charge in [-0.1, -0.05) is 30.3 Å². The second-order valence-electron chi connectivity index (χ2n) is 6.15. The first-order valence-corrected chi connectivity index (χ1v) is 8.35. The summed E-state index contributed by atoms with van der Waals surface area (Å²) in [7, 11) is 0. The molecule has 0 fully saturated rings. The third-order valence-corrected chi connectivity index (χ3v) is 4.09. The fraction of sp³-hybridized carbons (Fsp3) is 0.158. The lowest BCUT2D eigenvalue weighted by Crippen LogP contribution is -2.08. The Labute approximate surface area is 150 Å². The lowest BCUT2D eigenvalue weighted by atomic mass is 10.1. The summed E-state index contributed by atoms with van der Waals surface area (Å²) < 4.78 is 0. The predicted octanol–water partition coefficient (Wildman–Crippen LogP) is 2.75. The van der Waals surface area contributed by atoms with Crippen LogP contribution in [0.25, 0.3) is 10.9 Å². The predicted molar refractivity (Wildman–Crippen MR) is 98.8 cm³/mol. The van der Waals surface area contributed by atoms with E-state index in [1.54, 1.807) is 4.80 Å². The molecule has 0 aliphatic heterocycles. The number of tetrazole rings is 1. The highest BCUT2D eigenvalue weighted by Gasteiger charge is 2.09. The largest absolute Gasteiger partial charge is 0.361 e. The van der Waals surface area contributed by atoms with Gasteiger partial charge in [0.2, 0.25) is 5.91 Å². The molecule has 7 nitrogen and oxygen atoms in total. The molecule has 1 amide bonds. The number of aromatic nitrogens is 5. The Morgan fingerprint density at radius 1 is 1.19 bits per heavy atom. The second kappa shape index (κ2) is 6.79. The molecule has 130 valence electrons. The van der Waals surface area contributed by atoms with Crippen LogP contribution in [0.4, 0.5) is 5.69 Å². The smallest absolute Gasteiger partial charge is 0.221 e. The van der Waals surface area contributed by atoms with E-state index in [0.717, 1.165) is 22.3 Å². The van der Waals surface area contributed by atoms with Crippen LogP contribution in [-0.4, -0.2) is 31.1 Å². The van der Waals surface area contributed by atoms with Gasteiger partial charge in [-0.15, -0.1) is 10.2 Å². The van der Waals surface area contributed by atoms with E-state index >= 15 is 0 Å². The van der Waals surface area contributed by atoms with Crippen LogP contribution >= 0.6 is 0 Å². The Balaban J connectivity index is 1.49. The number of anilines is 1. The van der Waals surface area contributed by atoms with E-state index < -0.39 is 0 Å². The normalized spacial score (nSPS) is 11.0. The molecular formula is C19H18N6O. The Hall–Kier alpha value is -3.48. The first kappa shape index (κ1) is 16.0. The molecule has 0 aliphatic rings. The summed E-state index contributed by atoms with van der Waals surface area (Å²) in [6, 6.07) is 15.8. The van der Waals surface area contributed by atoms with Crippen molar-refractivity contribution in [2.45, 2.75) is 19.9 Å². The standard InChI is InChI=1S/C19H18N6O/c1-13(26)21-16-6-4-5-14(9-16)12-25-23-19(22-24-25)10-15-11-20-18-8-3-2-7-17(15)18/h2-9,11,20H,10,12H2,1H3,(H,21,26). The third-order valence-electron chi connectivity index (χ3n) is 4.09. The van der Waals surface area contributed by atoms with E-state index in [0.29, 0.717) is 18.8 Å². The van der Waals surface area contributed by atoms with E-state index in [9.17, 15) is 4.79 Å². The number of benzene rings is 2. The summed E-state index contributed by atoms with van der Waals surface area (Å²) in [5, 5.41) is 16.7. The lowest BCUT2D eigenvalue weighted by molar-refractivity contribution is -0.114. The van der Waals surface area contributed by atoms with Crippen LogP contribution in [0.3, 0.4) is 0 Å². The van der Waals surface area contributed by atoms with Gasteiger partial charge >= 0.3 is 0 Å². The lowest BCUT2D eigenvalue weighted by Gasteiger charge is -2.04. The molecule has 26 heavy (non-hydrogen) atoms. The minimum absolute atomic E-state index is 0.0953. The van der Waals surface area contributed by atoms with Crippen molar-refractivity contribution < 1.29 is 4.79 Å². The number of carbonyl (C=O) groups is 1. The zero-order valence-corrected chi connectivity index (χ0v) is 14.3. The van der Waals surface area contributed by atoms with Gasteiger partial charge in [0.05, 0.1) is 6.54 Å². The zero-order chi connectivity index (χ0) is 17.9. The Kier molecular flexibility index (Phi) is 4.18. The van der Waals surface area contributed by atoms with Gasteiger partial charge in [-0.3, -0.25) is 4.79 Å². The highest BCUT2D eigenvalue weighted by atomic mass is 16.1. The number of H-pyrrole nitrogens is 1. The van der Waals surface area contributed by atoms with Gasteiger partial charge < -0.3 is 10.3 Å². The Morgan fingerprint density at radius 3 is 2.96 bits per heavy atom. The zero-order valence-electron chi connectivity index (χ0n) is 14.3. The SMILES string of the molecule is CC(=O)Nc1cccc(Cn2nnc(Cc3c[nH]c4ccccc34)n2)c1. The van der Waals surface area contributed by atoms with Crippen LogP contribution in [0.5, 0.6) is 0 Å². The summed E-state index contributed by atoms with van der Waals surface area (Å²) in [5.74, 6) is 0.579. The first-order chi connectivity index (χ1) is 12.7. The van der Waals surface area contributed by atoms with Gasteiger partial charge in [-0.05, 0) is 34.5 Å². The number of hydrogen-bond donors (Lipinski definition) is 2. The minimum Gasteiger partial charge on any atom is -0.361 e. The molecule has 2 N–H and O–H groups in total. The van der Waals surface area contributed by atoms with Crippen LogP contribution in [0.15, 0.2) is 54.7 Å². The number of aromatic amines is 1. The van der Waals surface area contributed by atoms with Crippen molar-refractivity contribution in [3.63, 3.8) is 0 Å². The molecule has 0 aliphatic carbocycles. The quantitative estimate of drug-likeness (QED) is 0.581. The van der Waals surface area contributed by atoms with Crippen molar-refractivity contribution in [2.75, 3.05) is 5.32 Å². The molecule has 0 spiro atoms. The average molecular weight is 346 g/mol. The summed E-state index contributed by atoms with van der Waals surface area (Å²) in [6.45, 7) is 1.98. The number of rotatable bonds is 5. The summed E-state index contributed by atoms with van der Waals surface area (Å²) in [5.41, 5.74) is 4.00. The topological polar surface area (TPSA) is 88.5 Å². The van der Waals surface area contributed by atoms with Crippen molar-refractivity contribution >= 4 is 22.5 Å². The molecule has 2 aromatic heterocycles. The number of nitrogens with zero attached hydrogens (tertiary/aromatic N) is 4. The monoisotopic (exact) mass is 346 g/mol. The van der Waals surface area contributed by atoms with Gasteiger partial charge in [0.15, 0.2) is 5.82 Å². The molecule has 0 radical (unpaired) electrons. The molecule has 7 heteroatoms. The first-order valence-electron chi connectivity index (χ1n) is 8.35. The van der Waals surface area contributed by atoms with E-state index in [1.165, 1.54) is 12.3 Å². The fourth-order valence-corrected chi connectivity index (χ4v) is 2.98. The van der Waals surface area contributed by atoms with Gasteiger partial charge in [-0.2, -0.15) is 4.80 Å². The summed E-state index contributed by atoms with van der Waals surface area (Å²) in [6.07, 6.45) is 2.61. The molecule has 2 heterocycles. The fourth-order valence-electron chi connectivity index (χ4n) is 2.98. The van der Waals surface area contributed by atoms with Gasteiger partial charge in [0.1, 0.15) is 0 Å². The minimum atomic E-state index is -0.0953. The maximum atomic E-state index is 11.2. The van der Waals surface area contributed by atoms with E-state index in [2.05, 4.69) is 31.8 Å². The Bertz CT molecular complexity index is 1060. The molecule has 4 rings (SSSR count). The number of para-hydroxylation sites is 1. The van der Waals surface area contributed by atoms with Crippen LogP contribution < -0.4 is 5.32 Å². The van der Waals surface area contributed by atoms with Crippen LogP contribution in [0, 0.1) is 0 Å². The number of fused-ring (bicyclic) bond motifs is 1. The van der Waals surface area contributed by atoms with Crippen molar-refractivity contribution in [3.05, 3.63) is 71.7 Å². The summed E-state index contributed by atoms with van der Waals surface area (Å²) in [4.78, 5) is 16.0. The van der Waals surface area contributed by atoms with Crippen molar-refractivity contribution in [1.29, 1.82) is 0 Å². The Morgan fingerprint density at radius 2 is 2.08 bits per heavy atom. The van der Waals surface area contributed by atoms with Crippen molar-refractivity contribution in [1.82, 2.24) is 25.2 Å². The highest BCUT2D eigenvalue weighted by Crippen LogP contribution is 2.19. The number of carbonyl (C=O) groups excluding carboxylic acids is 1. The molecular weight excluding hydrogens is 328 g/mol. The van der Waals surface area contributed by atoms with Crippen LogP contribution in [-0.2, 0) is 17.8 Å².